The molecule has 2 N–H and O–H groups in total. The summed E-state index contributed by atoms with van der Waals surface area (Å²) in [5.41, 5.74) is -1.97. The lowest BCUT2D eigenvalue weighted by molar-refractivity contribution is -0.348. The van der Waals surface area contributed by atoms with Crippen molar-refractivity contribution in [3.8, 4) is 0 Å². The molecule has 0 spiro atoms. The molecule has 2 aromatic carbocycles. The Morgan fingerprint density at radius 1 is 0.878 bits per heavy atom. The Bertz CT molecular complexity index is 1340. The van der Waals surface area contributed by atoms with Crippen molar-refractivity contribution in [1.29, 1.82) is 0 Å². The predicted octanol–water partition coefficient (Wildman–Crippen LogP) is 5.78. The number of carbonyl (C=O) groups excluding carboxylic acids is 1. The van der Waals surface area contributed by atoms with Crippen LogP contribution in [-0.4, -0.2) is 51.2 Å². The molecule has 1 saturated carbocycles. The smallest absolute Gasteiger partial charge is 0.340 e. The van der Waals surface area contributed by atoms with Crippen LogP contribution < -0.4 is 5.73 Å². The number of sulfone groups is 1. The number of amides is 1. The summed E-state index contributed by atoms with van der Waals surface area (Å²) in [6.07, 6.45) is -10.4. The quantitative estimate of drug-likeness (QED) is 0.331. The molecule has 14 heteroatoms. The van der Waals surface area contributed by atoms with Crippen molar-refractivity contribution < 1.29 is 48.3 Å². The minimum Gasteiger partial charge on any atom is -0.340 e. The maximum Gasteiger partial charge on any atom is 0.435 e. The largest absolute Gasteiger partial charge is 0.435 e. The fraction of sp³-hybridized carbons (Fsp3) is 0.519. The molecule has 1 aliphatic heterocycles. The lowest BCUT2D eigenvalue weighted by atomic mass is 9.81. The van der Waals surface area contributed by atoms with Crippen LogP contribution >= 0.6 is 0 Å². The topological polar surface area (TPSA) is 80.5 Å². The summed E-state index contributed by atoms with van der Waals surface area (Å²) in [6, 6.07) is 5.70. The molecule has 1 atom stereocenters. The zero-order chi connectivity index (χ0) is 30.4. The number of alkyl halides is 7. The molecule has 1 amide bonds. The summed E-state index contributed by atoms with van der Waals surface area (Å²) < 4.78 is 134. The Morgan fingerprint density at radius 2 is 1.41 bits per heavy atom. The van der Waals surface area contributed by atoms with Crippen LogP contribution in [0.3, 0.4) is 0 Å². The number of carbonyl (C=O) groups is 1. The molecule has 0 aromatic heterocycles. The van der Waals surface area contributed by atoms with Gasteiger partial charge in [-0.2, -0.15) is 26.3 Å². The van der Waals surface area contributed by atoms with E-state index in [0.717, 1.165) is 24.3 Å². The third-order valence-corrected chi connectivity index (χ3v) is 10.8. The van der Waals surface area contributed by atoms with Crippen molar-refractivity contribution >= 4 is 15.7 Å². The van der Waals surface area contributed by atoms with Gasteiger partial charge in [0.15, 0.2) is 9.84 Å². The highest BCUT2D eigenvalue weighted by Gasteiger charge is 2.73. The molecule has 1 saturated heterocycles. The van der Waals surface area contributed by atoms with Crippen LogP contribution in [0, 0.1) is 17.7 Å². The van der Waals surface area contributed by atoms with E-state index in [1.165, 1.54) is 4.90 Å². The first-order valence-electron chi connectivity index (χ1n) is 12.9. The van der Waals surface area contributed by atoms with Crippen molar-refractivity contribution in [3.63, 3.8) is 0 Å². The van der Waals surface area contributed by atoms with Crippen molar-refractivity contribution in [2.45, 2.75) is 59.8 Å². The number of rotatable bonds is 6. The highest BCUT2D eigenvalue weighted by atomic mass is 32.2. The van der Waals surface area contributed by atoms with Gasteiger partial charge in [0.25, 0.3) is 0 Å². The van der Waals surface area contributed by atoms with Crippen molar-refractivity contribution in [2.24, 2.45) is 17.6 Å². The molecule has 1 unspecified atom stereocenters. The Labute approximate surface area is 231 Å². The van der Waals surface area contributed by atoms with Gasteiger partial charge < -0.3 is 10.6 Å². The van der Waals surface area contributed by atoms with Gasteiger partial charge in [0.1, 0.15) is 10.6 Å². The SMILES string of the molecule is NCC1CCC(C(=O)N2CCC(c3ccc(C(F)(C(F)(F)F)C(F)(F)F)cc3)(S(=O)(=O)c3ccc(F)cc3)C2)CC1. The molecule has 0 radical (unpaired) electrons. The molecule has 41 heavy (non-hydrogen) atoms. The summed E-state index contributed by atoms with van der Waals surface area (Å²) >= 11 is 0. The average molecular weight is 613 g/mol. The summed E-state index contributed by atoms with van der Waals surface area (Å²) in [6.45, 7) is -0.0283. The van der Waals surface area contributed by atoms with E-state index >= 15 is 0 Å². The van der Waals surface area contributed by atoms with E-state index in [-0.39, 0.29) is 47.4 Å². The first-order valence-corrected chi connectivity index (χ1v) is 14.4. The Kier molecular flexibility index (Phi) is 8.24. The number of nitrogens with two attached hydrogens (primary N) is 1. The monoisotopic (exact) mass is 612 g/mol. The van der Waals surface area contributed by atoms with Crippen molar-refractivity contribution in [3.05, 3.63) is 65.5 Å². The van der Waals surface area contributed by atoms with Crippen LogP contribution in [0.25, 0.3) is 0 Å². The Morgan fingerprint density at radius 3 is 1.90 bits per heavy atom. The zero-order valence-corrected chi connectivity index (χ0v) is 22.4. The third kappa shape index (κ3) is 5.33. The van der Waals surface area contributed by atoms with E-state index in [1.807, 2.05) is 0 Å². The highest BCUT2D eigenvalue weighted by Crippen LogP contribution is 2.54. The maximum atomic E-state index is 14.6. The molecule has 2 fully saturated rings. The minimum atomic E-state index is -6.34. The van der Waals surface area contributed by atoms with Gasteiger partial charge in [0, 0.05) is 24.6 Å². The minimum absolute atomic E-state index is 0.0595. The van der Waals surface area contributed by atoms with E-state index in [0.29, 0.717) is 44.4 Å². The normalized spacial score (nSPS) is 24.5. The first-order chi connectivity index (χ1) is 19.0. The van der Waals surface area contributed by atoms with E-state index in [4.69, 9.17) is 5.73 Å². The molecule has 226 valence electrons. The van der Waals surface area contributed by atoms with Gasteiger partial charge in [-0.3, -0.25) is 4.79 Å². The number of nitrogens with zero attached hydrogens (tertiary/aromatic N) is 1. The summed E-state index contributed by atoms with van der Waals surface area (Å²) in [4.78, 5) is 14.4. The van der Waals surface area contributed by atoms with E-state index < -0.39 is 56.4 Å². The third-order valence-electron chi connectivity index (χ3n) is 8.30. The number of likely N-dealkylation sites (tertiary alicyclic amines) is 1. The molecule has 1 aliphatic carbocycles. The predicted molar refractivity (Wildman–Crippen MR) is 132 cm³/mol. The summed E-state index contributed by atoms with van der Waals surface area (Å²) in [5.74, 6) is -1.18. The number of benzene rings is 2. The molecule has 4 rings (SSSR count). The molecule has 1 heterocycles. The van der Waals surface area contributed by atoms with Crippen LogP contribution in [-0.2, 0) is 25.0 Å². The molecule has 0 bridgehead atoms. The van der Waals surface area contributed by atoms with E-state index in [9.17, 15) is 48.3 Å². The summed E-state index contributed by atoms with van der Waals surface area (Å²) in [5, 5.41) is 0. The van der Waals surface area contributed by atoms with Gasteiger partial charge >= 0.3 is 18.0 Å². The van der Waals surface area contributed by atoms with Crippen LogP contribution in [0.1, 0.15) is 43.2 Å². The lowest BCUT2D eigenvalue weighted by Gasteiger charge is -2.33. The number of halogens is 8. The van der Waals surface area contributed by atoms with Gasteiger partial charge in [-0.25, -0.2) is 17.2 Å². The van der Waals surface area contributed by atoms with Crippen LogP contribution in [0.4, 0.5) is 35.1 Å². The van der Waals surface area contributed by atoms with Crippen LogP contribution in [0.2, 0.25) is 0 Å². The zero-order valence-electron chi connectivity index (χ0n) is 21.6. The number of hydrogen-bond donors (Lipinski definition) is 1. The van der Waals surface area contributed by atoms with Crippen LogP contribution in [0.15, 0.2) is 53.4 Å². The Balaban J connectivity index is 1.76. The first kappa shape index (κ1) is 31.2. The van der Waals surface area contributed by atoms with Crippen LogP contribution in [0.5, 0.6) is 0 Å². The summed E-state index contributed by atoms with van der Waals surface area (Å²) in [7, 11) is -4.50. The maximum absolute atomic E-state index is 14.6. The standard InChI is InChI=1S/C27H28F8N2O3S/c28-21-9-11-22(12-10-21)41(39,40)24(13-14-37(16-24)23(38)18-3-1-17(15-36)2-4-18)19-5-7-20(8-6-19)25(29,26(30,31)32)27(33,34)35/h5-12,17-18H,1-4,13-16,36H2. The molecule has 2 aromatic rings. The molecular formula is C27H28F8N2O3S. The molecule has 2 aliphatic rings. The van der Waals surface area contributed by atoms with E-state index in [1.54, 1.807) is 0 Å². The second-order valence-electron chi connectivity index (χ2n) is 10.6. The van der Waals surface area contributed by atoms with Gasteiger partial charge in [-0.1, -0.05) is 24.3 Å². The fourth-order valence-electron chi connectivity index (χ4n) is 5.81. The van der Waals surface area contributed by atoms with Gasteiger partial charge in [-0.05, 0) is 74.4 Å². The van der Waals surface area contributed by atoms with Crippen molar-refractivity contribution in [1.82, 2.24) is 4.90 Å². The van der Waals surface area contributed by atoms with Gasteiger partial charge in [-0.15, -0.1) is 0 Å². The second kappa shape index (κ2) is 10.8. The van der Waals surface area contributed by atoms with E-state index in [2.05, 4.69) is 0 Å². The molecule has 5 nitrogen and oxygen atoms in total. The average Bonchev–Trinajstić information content (AvgIpc) is 3.39. The van der Waals surface area contributed by atoms with Gasteiger partial charge in [0.2, 0.25) is 5.91 Å². The number of hydrogen-bond acceptors (Lipinski definition) is 4. The highest BCUT2D eigenvalue weighted by molar-refractivity contribution is 7.92. The van der Waals surface area contributed by atoms with Gasteiger partial charge in [0.05, 0.1) is 4.90 Å². The second-order valence-corrected chi connectivity index (χ2v) is 12.9. The van der Waals surface area contributed by atoms with Crippen molar-refractivity contribution in [2.75, 3.05) is 19.6 Å². The fourth-order valence-corrected chi connectivity index (χ4v) is 7.89. The molecular weight excluding hydrogens is 584 g/mol. The lowest BCUT2D eigenvalue weighted by Crippen LogP contribution is -2.50. The Hall–Kier alpha value is -2.74.